The van der Waals surface area contributed by atoms with E-state index in [0.29, 0.717) is 54.8 Å². The second kappa shape index (κ2) is 7.33. The molecule has 0 bridgehead atoms. The first-order valence-electron chi connectivity index (χ1n) is 9.39. The molecule has 1 N–H and O–H groups in total. The maximum atomic E-state index is 13.4. The van der Waals surface area contributed by atoms with Gasteiger partial charge in [0.2, 0.25) is 0 Å². The summed E-state index contributed by atoms with van der Waals surface area (Å²) >= 11 is 0. The molecule has 1 aliphatic heterocycles. The highest BCUT2D eigenvalue weighted by Crippen LogP contribution is 2.24. The highest BCUT2D eigenvalue weighted by Gasteiger charge is 2.30. The molecule has 0 radical (unpaired) electrons. The number of rotatable bonds is 3. The van der Waals surface area contributed by atoms with E-state index < -0.39 is 12.1 Å². The van der Waals surface area contributed by atoms with Crippen LogP contribution in [0.15, 0.2) is 22.6 Å². The van der Waals surface area contributed by atoms with Gasteiger partial charge in [-0.15, -0.1) is 0 Å². The number of hydrogen-bond donors (Lipinski definition) is 1. The van der Waals surface area contributed by atoms with E-state index in [4.69, 9.17) is 4.42 Å². The zero-order valence-electron chi connectivity index (χ0n) is 15.5. The van der Waals surface area contributed by atoms with Crippen molar-refractivity contribution in [1.82, 2.24) is 15.2 Å². The van der Waals surface area contributed by atoms with Crippen molar-refractivity contribution in [1.29, 1.82) is 0 Å². The van der Waals surface area contributed by atoms with Crippen molar-refractivity contribution in [2.45, 2.75) is 51.4 Å². The molecular weight excluding hydrogens is 368 g/mol. The van der Waals surface area contributed by atoms with Gasteiger partial charge in [0.15, 0.2) is 0 Å². The minimum absolute atomic E-state index is 0.0563. The van der Waals surface area contributed by atoms with E-state index in [1.54, 1.807) is 11.8 Å². The number of oxazole rings is 1. The van der Waals surface area contributed by atoms with E-state index in [0.717, 1.165) is 0 Å². The molecule has 8 heteroatoms. The van der Waals surface area contributed by atoms with Gasteiger partial charge in [-0.05, 0) is 49.9 Å². The lowest BCUT2D eigenvalue weighted by atomic mass is 10.1. The normalized spacial score (nSPS) is 21.5. The van der Waals surface area contributed by atoms with Crippen molar-refractivity contribution in [3.63, 3.8) is 0 Å². The van der Waals surface area contributed by atoms with Crippen molar-refractivity contribution in [2.75, 3.05) is 6.54 Å². The summed E-state index contributed by atoms with van der Waals surface area (Å²) in [5.74, 6) is -0.507. The number of amides is 2. The number of alkyl halides is 1. The van der Waals surface area contributed by atoms with E-state index in [2.05, 4.69) is 10.3 Å². The third-order valence-electron chi connectivity index (χ3n) is 5.32. The Morgan fingerprint density at radius 1 is 1.32 bits per heavy atom. The highest BCUT2D eigenvalue weighted by molar-refractivity contribution is 5.94. The zero-order valence-corrected chi connectivity index (χ0v) is 15.5. The molecule has 1 aromatic carbocycles. The third kappa shape index (κ3) is 3.63. The molecule has 2 aliphatic rings. The van der Waals surface area contributed by atoms with Crippen LogP contribution in [0.4, 0.5) is 8.78 Å². The van der Waals surface area contributed by atoms with E-state index in [-0.39, 0.29) is 30.2 Å². The second-order valence-corrected chi connectivity index (χ2v) is 7.41. The molecule has 0 unspecified atom stereocenters. The highest BCUT2D eigenvalue weighted by atomic mass is 19.1. The number of aromatic nitrogens is 1. The fraction of sp³-hybridized carbons (Fsp3) is 0.450. The summed E-state index contributed by atoms with van der Waals surface area (Å²) in [5.41, 5.74) is 1.36. The number of nitrogens with zero attached hydrogens (tertiary/aromatic N) is 2. The lowest BCUT2D eigenvalue weighted by Gasteiger charge is -2.25. The lowest BCUT2D eigenvalue weighted by Crippen LogP contribution is -2.36. The predicted octanol–water partition coefficient (Wildman–Crippen LogP) is 2.94. The van der Waals surface area contributed by atoms with Crippen molar-refractivity contribution in [3.8, 4) is 0 Å². The molecule has 1 fully saturated rings. The zero-order chi connectivity index (χ0) is 19.8. The molecule has 6 nitrogen and oxygen atoms in total. The predicted molar refractivity (Wildman–Crippen MR) is 96.1 cm³/mol. The molecule has 28 heavy (non-hydrogen) atoms. The molecule has 1 saturated carbocycles. The number of halogens is 2. The fourth-order valence-electron chi connectivity index (χ4n) is 3.73. The quantitative estimate of drug-likeness (QED) is 0.876. The molecule has 2 atom stereocenters. The van der Waals surface area contributed by atoms with Gasteiger partial charge in [-0.1, -0.05) is 0 Å². The molecule has 1 aromatic heterocycles. The van der Waals surface area contributed by atoms with Gasteiger partial charge in [0.05, 0.1) is 6.54 Å². The van der Waals surface area contributed by atoms with Gasteiger partial charge in [0, 0.05) is 24.6 Å². The number of nitrogens with one attached hydrogen (secondary N) is 1. The minimum atomic E-state index is -0.877. The van der Waals surface area contributed by atoms with Gasteiger partial charge in [0.25, 0.3) is 11.8 Å². The average Bonchev–Trinajstić information content (AvgIpc) is 3.28. The van der Waals surface area contributed by atoms with Gasteiger partial charge in [-0.3, -0.25) is 9.59 Å². The Hall–Kier alpha value is -2.77. The van der Waals surface area contributed by atoms with Gasteiger partial charge < -0.3 is 14.6 Å². The van der Waals surface area contributed by atoms with E-state index in [1.165, 1.54) is 18.2 Å². The van der Waals surface area contributed by atoms with E-state index >= 15 is 0 Å². The van der Waals surface area contributed by atoms with Crippen LogP contribution in [0.1, 0.15) is 57.3 Å². The Morgan fingerprint density at radius 3 is 2.86 bits per heavy atom. The molecule has 2 heterocycles. The van der Waals surface area contributed by atoms with Gasteiger partial charge in [-0.2, -0.15) is 0 Å². The van der Waals surface area contributed by atoms with Gasteiger partial charge in [0.1, 0.15) is 23.4 Å². The average molecular weight is 389 g/mol. The summed E-state index contributed by atoms with van der Waals surface area (Å²) in [7, 11) is 0. The molecule has 4 rings (SSSR count). The van der Waals surface area contributed by atoms with Crippen molar-refractivity contribution >= 4 is 11.8 Å². The first kappa shape index (κ1) is 18.6. The summed E-state index contributed by atoms with van der Waals surface area (Å²) in [6.07, 6.45) is 0.931. The second-order valence-electron chi connectivity index (χ2n) is 7.41. The van der Waals surface area contributed by atoms with Crippen LogP contribution in [0.2, 0.25) is 0 Å². The van der Waals surface area contributed by atoms with Crippen LogP contribution in [-0.4, -0.2) is 40.5 Å². The standard InChI is InChI=1S/C20H21F2N3O3/c1-11-8-12(2-5-15(11)22)20(27)25-7-6-17-16(10-25)24-19(28-17)18(26)23-14-4-3-13(21)9-14/h2,5,8,13-14H,3-4,6-7,9-10H2,1H3,(H,23,26)/t13-,14-/m1/s1. The smallest absolute Gasteiger partial charge is 0.307 e. The maximum absolute atomic E-state index is 13.4. The number of benzene rings is 1. The summed E-state index contributed by atoms with van der Waals surface area (Å²) in [5, 5.41) is 2.75. The topological polar surface area (TPSA) is 75.4 Å². The van der Waals surface area contributed by atoms with Crippen molar-refractivity contribution < 1.29 is 22.8 Å². The fourth-order valence-corrected chi connectivity index (χ4v) is 3.73. The number of carbonyl (C=O) groups excluding carboxylic acids is 2. The van der Waals surface area contributed by atoms with Gasteiger partial charge >= 0.3 is 5.91 Å². The van der Waals surface area contributed by atoms with Crippen LogP contribution < -0.4 is 5.32 Å². The van der Waals surface area contributed by atoms with Crippen molar-refractivity contribution in [3.05, 3.63) is 52.5 Å². The van der Waals surface area contributed by atoms with Crippen LogP contribution in [-0.2, 0) is 13.0 Å². The molecule has 2 amide bonds. The van der Waals surface area contributed by atoms with Crippen LogP contribution in [0.3, 0.4) is 0 Å². The first-order valence-corrected chi connectivity index (χ1v) is 9.39. The third-order valence-corrected chi connectivity index (χ3v) is 5.32. The van der Waals surface area contributed by atoms with Crippen LogP contribution >= 0.6 is 0 Å². The molecule has 2 aromatic rings. The lowest BCUT2D eigenvalue weighted by molar-refractivity contribution is 0.0726. The molecule has 0 spiro atoms. The van der Waals surface area contributed by atoms with Crippen LogP contribution in [0, 0.1) is 12.7 Å². The largest absolute Gasteiger partial charge is 0.437 e. The SMILES string of the molecule is Cc1cc(C(=O)N2CCc3oc(C(=O)N[C@@H]4CC[C@@H](F)C4)nc3C2)ccc1F. The Labute approximate surface area is 160 Å². The number of carbonyl (C=O) groups is 2. The summed E-state index contributed by atoms with van der Waals surface area (Å²) in [4.78, 5) is 30.9. The number of fused-ring (bicyclic) bond motifs is 1. The van der Waals surface area contributed by atoms with E-state index in [1.807, 2.05) is 0 Å². The Balaban J connectivity index is 1.44. The van der Waals surface area contributed by atoms with Gasteiger partial charge in [-0.25, -0.2) is 13.8 Å². The summed E-state index contributed by atoms with van der Waals surface area (Å²) in [6.45, 7) is 2.25. The molecule has 148 valence electrons. The molecule has 1 aliphatic carbocycles. The van der Waals surface area contributed by atoms with E-state index in [9.17, 15) is 18.4 Å². The number of aryl methyl sites for hydroxylation is 1. The Morgan fingerprint density at radius 2 is 2.14 bits per heavy atom. The Kier molecular flexibility index (Phi) is 4.87. The minimum Gasteiger partial charge on any atom is -0.437 e. The molecule has 0 saturated heterocycles. The Bertz CT molecular complexity index is 927. The number of hydrogen-bond acceptors (Lipinski definition) is 4. The first-order chi connectivity index (χ1) is 13.4. The maximum Gasteiger partial charge on any atom is 0.307 e. The summed E-state index contributed by atoms with van der Waals surface area (Å²) < 4.78 is 32.3. The van der Waals surface area contributed by atoms with Crippen LogP contribution in [0.5, 0.6) is 0 Å². The monoisotopic (exact) mass is 389 g/mol. The van der Waals surface area contributed by atoms with Crippen LogP contribution in [0.25, 0.3) is 0 Å². The summed E-state index contributed by atoms with van der Waals surface area (Å²) in [6, 6.07) is 4.06. The molecular formula is C20H21F2N3O3. The van der Waals surface area contributed by atoms with Crippen molar-refractivity contribution in [2.24, 2.45) is 0 Å².